The first-order valence-electron chi connectivity index (χ1n) is 8.53. The molecule has 1 aliphatic carbocycles. The second kappa shape index (κ2) is 8.26. The molecule has 1 aromatic heterocycles. The Labute approximate surface area is 152 Å². The largest absolute Gasteiger partial charge is 0.461 e. The van der Waals surface area contributed by atoms with Crippen molar-refractivity contribution in [2.45, 2.75) is 45.1 Å². The van der Waals surface area contributed by atoms with Crippen LogP contribution in [0.25, 0.3) is 0 Å². The minimum Gasteiger partial charge on any atom is -0.461 e. The lowest BCUT2D eigenvalue weighted by molar-refractivity contribution is -0.144. The lowest BCUT2D eigenvalue weighted by atomic mass is 9.89. The zero-order chi connectivity index (χ0) is 17.6. The molecule has 2 aromatic rings. The highest BCUT2D eigenvalue weighted by atomic mass is 35.5. The minimum absolute atomic E-state index is 0.0153. The number of Topliss-reactive ketones (excluding diaryl/α,β-unsaturated/α-hetero) is 1. The highest BCUT2D eigenvalue weighted by molar-refractivity contribution is 6.29. The SMILES string of the molecule is O=C(CCC(=O)c1ccc2c(c1)CCCC2)OCc1ccc(Cl)nc1. The Morgan fingerprint density at radius 2 is 1.84 bits per heavy atom. The highest BCUT2D eigenvalue weighted by Crippen LogP contribution is 2.23. The number of esters is 1. The van der Waals surface area contributed by atoms with Crippen LogP contribution in [-0.4, -0.2) is 16.7 Å². The van der Waals surface area contributed by atoms with E-state index in [2.05, 4.69) is 4.98 Å². The number of rotatable bonds is 6. The Bertz CT molecular complexity index is 771. The van der Waals surface area contributed by atoms with Crippen LogP contribution in [0.2, 0.25) is 5.15 Å². The van der Waals surface area contributed by atoms with Gasteiger partial charge in [-0.05, 0) is 48.9 Å². The minimum atomic E-state index is -0.388. The van der Waals surface area contributed by atoms with Crippen molar-refractivity contribution in [1.29, 1.82) is 0 Å². The third-order valence-corrected chi connectivity index (χ3v) is 4.64. The molecule has 25 heavy (non-hydrogen) atoms. The van der Waals surface area contributed by atoms with E-state index in [4.69, 9.17) is 16.3 Å². The van der Waals surface area contributed by atoms with Crippen molar-refractivity contribution >= 4 is 23.4 Å². The molecule has 1 heterocycles. The number of carbonyl (C=O) groups is 2. The lowest BCUT2D eigenvalue weighted by Gasteiger charge is -2.16. The molecule has 130 valence electrons. The maximum Gasteiger partial charge on any atom is 0.306 e. The van der Waals surface area contributed by atoms with Gasteiger partial charge >= 0.3 is 5.97 Å². The summed E-state index contributed by atoms with van der Waals surface area (Å²) in [6.07, 6.45) is 6.33. The molecular weight excluding hydrogens is 338 g/mol. The van der Waals surface area contributed by atoms with Crippen molar-refractivity contribution in [3.05, 3.63) is 63.9 Å². The molecule has 0 bridgehead atoms. The van der Waals surface area contributed by atoms with Crippen LogP contribution in [0.5, 0.6) is 0 Å². The van der Waals surface area contributed by atoms with Crippen molar-refractivity contribution in [3.8, 4) is 0 Å². The van der Waals surface area contributed by atoms with Gasteiger partial charge in [-0.1, -0.05) is 29.8 Å². The Balaban J connectivity index is 1.48. The molecule has 0 radical (unpaired) electrons. The predicted octanol–water partition coefficient (Wildman–Crippen LogP) is 4.32. The number of nitrogens with zero attached hydrogens (tertiary/aromatic N) is 1. The fourth-order valence-electron chi connectivity index (χ4n) is 2.99. The molecular formula is C20H20ClNO3. The van der Waals surface area contributed by atoms with Crippen LogP contribution in [0.4, 0.5) is 0 Å². The van der Waals surface area contributed by atoms with Crippen LogP contribution in [0.1, 0.15) is 52.7 Å². The number of aromatic nitrogens is 1. The molecule has 1 aliphatic rings. The number of benzene rings is 1. The number of carbonyl (C=O) groups excluding carboxylic acids is 2. The van der Waals surface area contributed by atoms with E-state index in [9.17, 15) is 9.59 Å². The lowest BCUT2D eigenvalue weighted by Crippen LogP contribution is -2.10. The Morgan fingerprint density at radius 3 is 2.60 bits per heavy atom. The van der Waals surface area contributed by atoms with E-state index in [-0.39, 0.29) is 31.2 Å². The van der Waals surface area contributed by atoms with Gasteiger partial charge in [0.2, 0.25) is 0 Å². The number of aryl methyl sites for hydroxylation is 2. The van der Waals surface area contributed by atoms with Gasteiger partial charge < -0.3 is 4.74 Å². The number of halogens is 1. The molecule has 0 N–H and O–H groups in total. The van der Waals surface area contributed by atoms with Gasteiger partial charge in [0.1, 0.15) is 11.8 Å². The molecule has 0 fully saturated rings. The number of fused-ring (bicyclic) bond motifs is 1. The van der Waals surface area contributed by atoms with Gasteiger partial charge in [-0.15, -0.1) is 0 Å². The average molecular weight is 358 g/mol. The summed E-state index contributed by atoms with van der Waals surface area (Å²) in [5.74, 6) is -0.403. The Kier molecular flexibility index (Phi) is 5.82. The molecule has 1 aromatic carbocycles. The first-order valence-corrected chi connectivity index (χ1v) is 8.90. The summed E-state index contributed by atoms with van der Waals surface area (Å²) in [5.41, 5.74) is 4.07. The van der Waals surface area contributed by atoms with Crippen LogP contribution in [-0.2, 0) is 29.0 Å². The van der Waals surface area contributed by atoms with Gasteiger partial charge in [0.15, 0.2) is 5.78 Å². The first kappa shape index (κ1) is 17.6. The third-order valence-electron chi connectivity index (χ3n) is 4.42. The monoisotopic (exact) mass is 357 g/mol. The molecule has 0 atom stereocenters. The zero-order valence-electron chi connectivity index (χ0n) is 14.0. The summed E-state index contributed by atoms with van der Waals surface area (Å²) in [4.78, 5) is 28.1. The molecule has 0 unspecified atom stereocenters. The molecule has 0 aliphatic heterocycles. The van der Waals surface area contributed by atoms with Crippen LogP contribution < -0.4 is 0 Å². The smallest absolute Gasteiger partial charge is 0.306 e. The third kappa shape index (κ3) is 4.89. The van der Waals surface area contributed by atoms with E-state index in [0.29, 0.717) is 10.7 Å². The van der Waals surface area contributed by atoms with E-state index in [1.54, 1.807) is 18.3 Å². The van der Waals surface area contributed by atoms with Crippen molar-refractivity contribution in [2.75, 3.05) is 0 Å². The van der Waals surface area contributed by atoms with Gasteiger partial charge in [-0.3, -0.25) is 9.59 Å². The van der Waals surface area contributed by atoms with Gasteiger partial charge in [0, 0.05) is 23.7 Å². The van der Waals surface area contributed by atoms with Gasteiger partial charge in [-0.25, -0.2) is 4.98 Å². The number of hydrogen-bond donors (Lipinski definition) is 0. The molecule has 0 saturated carbocycles. The van der Waals surface area contributed by atoms with Gasteiger partial charge in [-0.2, -0.15) is 0 Å². The normalized spacial score (nSPS) is 13.2. The van der Waals surface area contributed by atoms with Crippen LogP contribution >= 0.6 is 11.6 Å². The molecule has 0 amide bonds. The zero-order valence-corrected chi connectivity index (χ0v) is 14.7. The number of ether oxygens (including phenoxy) is 1. The topological polar surface area (TPSA) is 56.3 Å². The van der Waals surface area contributed by atoms with E-state index in [0.717, 1.165) is 18.4 Å². The van der Waals surface area contributed by atoms with Crippen molar-refractivity contribution in [2.24, 2.45) is 0 Å². The fraction of sp³-hybridized carbons (Fsp3) is 0.350. The molecule has 5 heteroatoms. The van der Waals surface area contributed by atoms with E-state index >= 15 is 0 Å². The number of ketones is 1. The summed E-state index contributed by atoms with van der Waals surface area (Å²) in [7, 11) is 0. The molecule has 0 saturated heterocycles. The quantitative estimate of drug-likeness (QED) is 0.439. The highest BCUT2D eigenvalue weighted by Gasteiger charge is 2.14. The van der Waals surface area contributed by atoms with Crippen LogP contribution in [0.3, 0.4) is 0 Å². The Morgan fingerprint density at radius 1 is 1.04 bits per heavy atom. The predicted molar refractivity (Wildman–Crippen MR) is 95.7 cm³/mol. The number of pyridine rings is 1. The van der Waals surface area contributed by atoms with Crippen LogP contribution in [0.15, 0.2) is 36.5 Å². The summed E-state index contributed by atoms with van der Waals surface area (Å²) < 4.78 is 5.17. The maximum absolute atomic E-state index is 12.3. The first-order chi connectivity index (χ1) is 12.1. The molecule has 0 spiro atoms. The standard InChI is InChI=1S/C20H20ClNO3/c21-19-9-5-14(12-22-19)13-25-20(24)10-8-18(23)17-7-6-15-3-1-2-4-16(15)11-17/h5-7,9,11-12H,1-4,8,10,13H2. The van der Waals surface area contributed by atoms with Crippen molar-refractivity contribution in [1.82, 2.24) is 4.98 Å². The molecule has 4 nitrogen and oxygen atoms in total. The fourth-order valence-corrected chi connectivity index (χ4v) is 3.11. The average Bonchev–Trinajstić information content (AvgIpc) is 2.65. The summed E-state index contributed by atoms with van der Waals surface area (Å²) >= 11 is 5.71. The summed E-state index contributed by atoms with van der Waals surface area (Å²) in [6, 6.07) is 9.30. The second-order valence-electron chi connectivity index (χ2n) is 6.26. The van der Waals surface area contributed by atoms with E-state index in [1.165, 1.54) is 24.0 Å². The number of hydrogen-bond acceptors (Lipinski definition) is 4. The van der Waals surface area contributed by atoms with Crippen LogP contribution in [0, 0.1) is 0 Å². The van der Waals surface area contributed by atoms with E-state index in [1.807, 2.05) is 18.2 Å². The maximum atomic E-state index is 12.3. The van der Waals surface area contributed by atoms with Crippen molar-refractivity contribution < 1.29 is 14.3 Å². The molecule has 3 rings (SSSR count). The van der Waals surface area contributed by atoms with Gasteiger partial charge in [0.25, 0.3) is 0 Å². The van der Waals surface area contributed by atoms with E-state index < -0.39 is 0 Å². The second-order valence-corrected chi connectivity index (χ2v) is 6.65. The van der Waals surface area contributed by atoms with Gasteiger partial charge in [0.05, 0.1) is 6.42 Å². The summed E-state index contributed by atoms with van der Waals surface area (Å²) in [5, 5.41) is 0.394. The Hall–Kier alpha value is -2.20. The van der Waals surface area contributed by atoms with Crippen molar-refractivity contribution in [3.63, 3.8) is 0 Å². The summed E-state index contributed by atoms with van der Waals surface area (Å²) in [6.45, 7) is 0.135.